The van der Waals surface area contributed by atoms with Gasteiger partial charge in [-0.15, -0.1) is 11.3 Å². The topological polar surface area (TPSA) is 21.3 Å². The van der Waals surface area contributed by atoms with Gasteiger partial charge in [0.2, 0.25) is 0 Å². The quantitative estimate of drug-likeness (QED) is 0.876. The number of hydrogen-bond donors (Lipinski definition) is 1. The zero-order valence-electron chi connectivity index (χ0n) is 9.75. The molecule has 1 saturated heterocycles. The third kappa shape index (κ3) is 2.77. The lowest BCUT2D eigenvalue weighted by atomic mass is 9.95. The predicted octanol–water partition coefficient (Wildman–Crippen LogP) is 3.62. The Balaban J connectivity index is 2.04. The van der Waals surface area contributed by atoms with Crippen LogP contribution >= 0.6 is 22.9 Å². The molecule has 16 heavy (non-hydrogen) atoms. The van der Waals surface area contributed by atoms with Crippen LogP contribution in [0.1, 0.15) is 37.7 Å². The molecule has 2 nitrogen and oxygen atoms in total. The van der Waals surface area contributed by atoms with Gasteiger partial charge in [-0.3, -0.25) is 0 Å². The van der Waals surface area contributed by atoms with Crippen LogP contribution < -0.4 is 5.32 Å². The molecule has 0 aliphatic carbocycles. The summed E-state index contributed by atoms with van der Waals surface area (Å²) in [5.41, 5.74) is 0.218. The van der Waals surface area contributed by atoms with E-state index in [0.717, 1.165) is 30.3 Å². The minimum atomic E-state index is 0.158. The van der Waals surface area contributed by atoms with E-state index in [1.807, 2.05) is 6.07 Å². The minimum absolute atomic E-state index is 0.158. The van der Waals surface area contributed by atoms with Crippen molar-refractivity contribution < 1.29 is 4.74 Å². The maximum atomic E-state index is 5.95. The fraction of sp³-hybridized carbons (Fsp3) is 0.667. The van der Waals surface area contributed by atoms with Crippen LogP contribution in [0.4, 0.5) is 0 Å². The first-order chi connectivity index (χ1) is 7.63. The molecular formula is C12H18ClNOS. The second kappa shape index (κ2) is 5.05. The molecule has 0 saturated carbocycles. The van der Waals surface area contributed by atoms with E-state index < -0.39 is 0 Å². The number of halogens is 1. The second-order valence-corrected chi connectivity index (χ2v) is 6.29. The Morgan fingerprint density at radius 3 is 3.06 bits per heavy atom. The van der Waals surface area contributed by atoms with Gasteiger partial charge in [0.1, 0.15) is 6.10 Å². The molecule has 2 rings (SSSR count). The average Bonchev–Trinajstić information content (AvgIpc) is 2.59. The summed E-state index contributed by atoms with van der Waals surface area (Å²) in [4.78, 5) is 1.22. The monoisotopic (exact) mass is 259 g/mol. The molecule has 90 valence electrons. The summed E-state index contributed by atoms with van der Waals surface area (Å²) in [6.07, 6.45) is 2.36. The van der Waals surface area contributed by atoms with Crippen LogP contribution in [0.3, 0.4) is 0 Å². The standard InChI is InChI=1S/C12H18ClNOS/c1-3-12(2)6-7-15-9(8-14-12)10-4-5-11(13)16-10/h4-5,9,14H,3,6-8H2,1-2H3. The molecule has 0 amide bonds. The lowest BCUT2D eigenvalue weighted by Gasteiger charge is -2.27. The number of nitrogens with one attached hydrogen (secondary N) is 1. The lowest BCUT2D eigenvalue weighted by molar-refractivity contribution is 0.0677. The number of rotatable bonds is 2. The van der Waals surface area contributed by atoms with Crippen LogP contribution in [0.15, 0.2) is 12.1 Å². The maximum absolute atomic E-state index is 5.95. The Labute approximate surface area is 106 Å². The molecule has 1 aliphatic heterocycles. The Morgan fingerprint density at radius 2 is 2.44 bits per heavy atom. The Kier molecular flexibility index (Phi) is 3.90. The van der Waals surface area contributed by atoms with Crippen molar-refractivity contribution in [3.8, 4) is 0 Å². The Morgan fingerprint density at radius 1 is 1.62 bits per heavy atom. The van der Waals surface area contributed by atoms with Crippen molar-refractivity contribution in [2.75, 3.05) is 13.2 Å². The van der Waals surface area contributed by atoms with Gasteiger partial charge < -0.3 is 10.1 Å². The van der Waals surface area contributed by atoms with Crippen molar-refractivity contribution in [1.82, 2.24) is 5.32 Å². The van der Waals surface area contributed by atoms with Gasteiger partial charge in [0.25, 0.3) is 0 Å². The molecule has 0 radical (unpaired) electrons. The van der Waals surface area contributed by atoms with Crippen LogP contribution in [0.2, 0.25) is 4.34 Å². The van der Waals surface area contributed by atoms with Gasteiger partial charge in [0.05, 0.1) is 4.34 Å². The molecule has 2 unspecified atom stereocenters. The highest BCUT2D eigenvalue weighted by molar-refractivity contribution is 7.16. The SMILES string of the molecule is CCC1(C)CCOC(c2ccc(Cl)s2)CN1. The van der Waals surface area contributed by atoms with Crippen LogP contribution in [-0.4, -0.2) is 18.7 Å². The molecule has 0 bridgehead atoms. The molecule has 0 spiro atoms. The van der Waals surface area contributed by atoms with Crippen LogP contribution in [-0.2, 0) is 4.74 Å². The summed E-state index contributed by atoms with van der Waals surface area (Å²) in [6.45, 7) is 6.17. The van der Waals surface area contributed by atoms with Gasteiger partial charge in [-0.2, -0.15) is 0 Å². The molecule has 4 heteroatoms. The third-order valence-corrected chi connectivity index (χ3v) is 4.70. The first kappa shape index (κ1) is 12.4. The number of hydrogen-bond acceptors (Lipinski definition) is 3. The van der Waals surface area contributed by atoms with Crippen LogP contribution in [0.25, 0.3) is 0 Å². The molecule has 1 fully saturated rings. The lowest BCUT2D eigenvalue weighted by Crippen LogP contribution is -2.42. The Hall–Kier alpha value is -0.0900. The van der Waals surface area contributed by atoms with Crippen molar-refractivity contribution in [2.45, 2.75) is 38.3 Å². The van der Waals surface area contributed by atoms with E-state index in [1.165, 1.54) is 4.88 Å². The van der Waals surface area contributed by atoms with Crippen LogP contribution in [0, 0.1) is 0 Å². The number of thiophene rings is 1. The average molecular weight is 260 g/mol. The highest BCUT2D eigenvalue weighted by atomic mass is 35.5. The smallest absolute Gasteiger partial charge is 0.104 e. The Bertz CT molecular complexity index is 355. The second-order valence-electron chi connectivity index (χ2n) is 4.55. The summed E-state index contributed by atoms with van der Waals surface area (Å²) in [6, 6.07) is 4.00. The van der Waals surface area contributed by atoms with Crippen molar-refractivity contribution in [3.05, 3.63) is 21.3 Å². The summed E-state index contributed by atoms with van der Waals surface area (Å²) < 4.78 is 6.72. The molecular weight excluding hydrogens is 242 g/mol. The fourth-order valence-electron chi connectivity index (χ4n) is 1.90. The minimum Gasteiger partial charge on any atom is -0.371 e. The third-order valence-electron chi connectivity index (χ3n) is 3.38. The van der Waals surface area contributed by atoms with Gasteiger partial charge >= 0.3 is 0 Å². The van der Waals surface area contributed by atoms with Gasteiger partial charge in [-0.1, -0.05) is 18.5 Å². The first-order valence-electron chi connectivity index (χ1n) is 5.75. The van der Waals surface area contributed by atoms with Gasteiger partial charge in [0.15, 0.2) is 0 Å². The van der Waals surface area contributed by atoms with Crippen molar-refractivity contribution in [2.24, 2.45) is 0 Å². The van der Waals surface area contributed by atoms with Gasteiger partial charge in [0, 0.05) is 23.6 Å². The first-order valence-corrected chi connectivity index (χ1v) is 6.94. The van der Waals surface area contributed by atoms with Crippen molar-refractivity contribution in [3.63, 3.8) is 0 Å². The molecule has 2 heterocycles. The fourth-order valence-corrected chi connectivity index (χ4v) is 3.01. The molecule has 1 N–H and O–H groups in total. The summed E-state index contributed by atoms with van der Waals surface area (Å²) in [5, 5.41) is 3.60. The van der Waals surface area contributed by atoms with Crippen molar-refractivity contribution >= 4 is 22.9 Å². The van der Waals surface area contributed by atoms with Crippen molar-refractivity contribution in [1.29, 1.82) is 0 Å². The molecule has 1 aromatic rings. The van der Waals surface area contributed by atoms with E-state index in [-0.39, 0.29) is 11.6 Å². The molecule has 0 aromatic carbocycles. The molecule has 1 aromatic heterocycles. The van der Waals surface area contributed by atoms with E-state index in [1.54, 1.807) is 11.3 Å². The zero-order chi connectivity index (χ0) is 11.6. The normalized spacial score (nSPS) is 31.3. The predicted molar refractivity (Wildman–Crippen MR) is 69.3 cm³/mol. The molecule has 1 aliphatic rings. The summed E-state index contributed by atoms with van der Waals surface area (Å²) >= 11 is 7.56. The van der Waals surface area contributed by atoms with Crippen LogP contribution in [0.5, 0.6) is 0 Å². The highest BCUT2D eigenvalue weighted by Gasteiger charge is 2.27. The van der Waals surface area contributed by atoms with Gasteiger partial charge in [-0.25, -0.2) is 0 Å². The summed E-state index contributed by atoms with van der Waals surface area (Å²) in [5.74, 6) is 0. The van der Waals surface area contributed by atoms with E-state index >= 15 is 0 Å². The van der Waals surface area contributed by atoms with E-state index in [0.29, 0.717) is 0 Å². The maximum Gasteiger partial charge on any atom is 0.104 e. The van der Waals surface area contributed by atoms with E-state index in [4.69, 9.17) is 16.3 Å². The number of ether oxygens (including phenoxy) is 1. The largest absolute Gasteiger partial charge is 0.371 e. The van der Waals surface area contributed by atoms with E-state index in [2.05, 4.69) is 25.2 Å². The van der Waals surface area contributed by atoms with Gasteiger partial charge in [-0.05, 0) is 31.9 Å². The zero-order valence-corrected chi connectivity index (χ0v) is 11.3. The molecule has 2 atom stereocenters. The highest BCUT2D eigenvalue weighted by Crippen LogP contribution is 2.31. The van der Waals surface area contributed by atoms with E-state index in [9.17, 15) is 0 Å². The summed E-state index contributed by atoms with van der Waals surface area (Å²) in [7, 11) is 0.